The number of carbonyl (C=O) groups is 1. The van der Waals surface area contributed by atoms with Crippen molar-refractivity contribution in [2.45, 2.75) is 38.3 Å². The number of carbonyl (C=O) groups excluding carboxylic acids is 1. The van der Waals surface area contributed by atoms with Gasteiger partial charge in [0, 0.05) is 6.04 Å². The first-order valence-corrected chi connectivity index (χ1v) is 8.22. The van der Waals surface area contributed by atoms with Gasteiger partial charge < -0.3 is 15.8 Å². The summed E-state index contributed by atoms with van der Waals surface area (Å²) in [6, 6.07) is 17.5. The fourth-order valence-corrected chi connectivity index (χ4v) is 2.54. The topological polar surface area (TPSA) is 64.3 Å². The number of aryl methyl sites for hydroxylation is 1. The maximum Gasteiger partial charge on any atom is 0.244 e. The first-order valence-electron chi connectivity index (χ1n) is 8.22. The number of benzene rings is 2. The second kappa shape index (κ2) is 7.97. The average molecular weight is 326 g/mol. The van der Waals surface area contributed by atoms with E-state index < -0.39 is 5.54 Å². The molecule has 2 unspecified atom stereocenters. The van der Waals surface area contributed by atoms with Gasteiger partial charge in [-0.05, 0) is 49.9 Å². The summed E-state index contributed by atoms with van der Waals surface area (Å²) >= 11 is 0. The van der Waals surface area contributed by atoms with Crippen molar-refractivity contribution in [1.29, 1.82) is 0 Å². The van der Waals surface area contributed by atoms with E-state index in [1.165, 1.54) is 5.56 Å². The summed E-state index contributed by atoms with van der Waals surface area (Å²) in [7, 11) is 1.66. The van der Waals surface area contributed by atoms with Crippen LogP contribution in [-0.4, -0.2) is 19.1 Å². The summed E-state index contributed by atoms with van der Waals surface area (Å²) in [4.78, 5) is 12.5. The second-order valence-electron chi connectivity index (χ2n) is 6.33. The molecule has 4 nitrogen and oxygen atoms in total. The number of amides is 1. The minimum Gasteiger partial charge on any atom is -0.497 e. The maximum atomic E-state index is 12.5. The number of nitrogens with one attached hydrogen (secondary N) is 1. The fourth-order valence-electron chi connectivity index (χ4n) is 2.54. The van der Waals surface area contributed by atoms with Gasteiger partial charge in [-0.3, -0.25) is 4.79 Å². The Balaban J connectivity index is 1.89. The zero-order chi connectivity index (χ0) is 17.6. The van der Waals surface area contributed by atoms with E-state index in [0.29, 0.717) is 0 Å². The molecule has 0 saturated heterocycles. The minimum absolute atomic E-state index is 0.0474. The molecule has 0 fully saturated rings. The van der Waals surface area contributed by atoms with Crippen LogP contribution in [0.25, 0.3) is 0 Å². The van der Waals surface area contributed by atoms with Gasteiger partial charge in [-0.2, -0.15) is 0 Å². The predicted molar refractivity (Wildman–Crippen MR) is 96.9 cm³/mol. The van der Waals surface area contributed by atoms with Crippen LogP contribution < -0.4 is 15.8 Å². The van der Waals surface area contributed by atoms with E-state index in [-0.39, 0.29) is 11.9 Å². The molecule has 0 aliphatic rings. The zero-order valence-corrected chi connectivity index (χ0v) is 14.6. The normalized spacial score (nSPS) is 14.5. The van der Waals surface area contributed by atoms with Crippen molar-refractivity contribution in [3.8, 4) is 5.75 Å². The first kappa shape index (κ1) is 18.0. The Morgan fingerprint density at radius 3 is 2.38 bits per heavy atom. The Labute approximate surface area is 144 Å². The predicted octanol–water partition coefficient (Wildman–Crippen LogP) is 3.01. The van der Waals surface area contributed by atoms with Gasteiger partial charge in [0.25, 0.3) is 0 Å². The van der Waals surface area contributed by atoms with Gasteiger partial charge in [0.1, 0.15) is 11.3 Å². The third-order valence-corrected chi connectivity index (χ3v) is 4.25. The van der Waals surface area contributed by atoms with E-state index in [1.807, 2.05) is 61.5 Å². The van der Waals surface area contributed by atoms with Crippen molar-refractivity contribution in [3.63, 3.8) is 0 Å². The molecule has 0 heterocycles. The van der Waals surface area contributed by atoms with Gasteiger partial charge in [0.05, 0.1) is 7.11 Å². The lowest BCUT2D eigenvalue weighted by Crippen LogP contribution is -2.51. The van der Waals surface area contributed by atoms with E-state index in [2.05, 4.69) is 5.32 Å². The highest BCUT2D eigenvalue weighted by Crippen LogP contribution is 2.18. The quantitative estimate of drug-likeness (QED) is 0.822. The smallest absolute Gasteiger partial charge is 0.244 e. The van der Waals surface area contributed by atoms with Crippen LogP contribution >= 0.6 is 0 Å². The molecule has 4 heteroatoms. The molecule has 0 saturated carbocycles. The summed E-state index contributed by atoms with van der Waals surface area (Å²) in [6.45, 7) is 3.75. The largest absolute Gasteiger partial charge is 0.497 e. The molecule has 0 aliphatic carbocycles. The zero-order valence-electron chi connectivity index (χ0n) is 14.6. The molecule has 0 aromatic heterocycles. The van der Waals surface area contributed by atoms with Crippen molar-refractivity contribution in [1.82, 2.24) is 5.32 Å². The second-order valence-corrected chi connectivity index (χ2v) is 6.33. The van der Waals surface area contributed by atoms with E-state index in [4.69, 9.17) is 10.5 Å². The molecule has 0 radical (unpaired) electrons. The molecular weight excluding hydrogens is 300 g/mol. The van der Waals surface area contributed by atoms with Gasteiger partial charge >= 0.3 is 0 Å². The molecule has 128 valence electrons. The van der Waals surface area contributed by atoms with E-state index in [1.54, 1.807) is 14.0 Å². The third-order valence-electron chi connectivity index (χ3n) is 4.25. The average Bonchev–Trinajstić information content (AvgIpc) is 2.61. The number of ether oxygens (including phenoxy) is 1. The number of methoxy groups -OCH3 is 1. The van der Waals surface area contributed by atoms with Crippen molar-refractivity contribution in [3.05, 3.63) is 65.7 Å². The van der Waals surface area contributed by atoms with Crippen LogP contribution in [-0.2, 0) is 16.8 Å². The standard InChI is InChI=1S/C20H26N2O2/c1-15(9-10-16-11-13-18(24-3)14-12-16)22-19(23)20(2,21)17-7-5-4-6-8-17/h4-8,11-15H,9-10,21H2,1-3H3,(H,22,23). The van der Waals surface area contributed by atoms with Crippen molar-refractivity contribution < 1.29 is 9.53 Å². The SMILES string of the molecule is COc1ccc(CCC(C)NC(=O)C(C)(N)c2ccccc2)cc1. The Hall–Kier alpha value is -2.33. The van der Waals surface area contributed by atoms with E-state index in [0.717, 1.165) is 24.2 Å². The molecule has 3 N–H and O–H groups in total. The van der Waals surface area contributed by atoms with Crippen LogP contribution in [0.1, 0.15) is 31.4 Å². The van der Waals surface area contributed by atoms with Crippen LogP contribution in [0.3, 0.4) is 0 Å². The molecule has 1 amide bonds. The van der Waals surface area contributed by atoms with Gasteiger partial charge in [0.2, 0.25) is 5.91 Å². The van der Waals surface area contributed by atoms with Crippen molar-refractivity contribution >= 4 is 5.91 Å². The monoisotopic (exact) mass is 326 g/mol. The Bertz CT molecular complexity index is 651. The highest BCUT2D eigenvalue weighted by molar-refractivity contribution is 5.87. The van der Waals surface area contributed by atoms with Crippen LogP contribution in [0.4, 0.5) is 0 Å². The summed E-state index contributed by atoms with van der Waals surface area (Å²) < 4.78 is 5.16. The van der Waals surface area contributed by atoms with Crippen LogP contribution in [0.15, 0.2) is 54.6 Å². The number of rotatable bonds is 7. The number of hydrogen-bond donors (Lipinski definition) is 2. The van der Waals surface area contributed by atoms with Crippen molar-refractivity contribution in [2.24, 2.45) is 5.73 Å². The molecule has 2 atom stereocenters. The lowest BCUT2D eigenvalue weighted by molar-refractivity contribution is -0.126. The van der Waals surface area contributed by atoms with Crippen LogP contribution in [0.5, 0.6) is 5.75 Å². The lowest BCUT2D eigenvalue weighted by atomic mass is 9.92. The molecule has 2 rings (SSSR count). The molecule has 0 spiro atoms. The van der Waals surface area contributed by atoms with Crippen LogP contribution in [0.2, 0.25) is 0 Å². The molecule has 0 bridgehead atoms. The fraction of sp³-hybridized carbons (Fsp3) is 0.350. The Morgan fingerprint density at radius 1 is 1.17 bits per heavy atom. The Kier molecular flexibility index (Phi) is 5.99. The highest BCUT2D eigenvalue weighted by atomic mass is 16.5. The van der Waals surface area contributed by atoms with E-state index in [9.17, 15) is 4.79 Å². The third kappa shape index (κ3) is 4.59. The highest BCUT2D eigenvalue weighted by Gasteiger charge is 2.30. The lowest BCUT2D eigenvalue weighted by Gasteiger charge is -2.26. The summed E-state index contributed by atoms with van der Waals surface area (Å²) in [6.07, 6.45) is 1.74. The summed E-state index contributed by atoms with van der Waals surface area (Å²) in [5.74, 6) is 0.692. The van der Waals surface area contributed by atoms with Gasteiger partial charge in [-0.1, -0.05) is 42.5 Å². The van der Waals surface area contributed by atoms with Crippen LogP contribution in [0, 0.1) is 0 Å². The molecule has 2 aromatic carbocycles. The first-order chi connectivity index (χ1) is 11.4. The van der Waals surface area contributed by atoms with Gasteiger partial charge in [0.15, 0.2) is 0 Å². The molecule has 0 aliphatic heterocycles. The minimum atomic E-state index is -1.03. The maximum absolute atomic E-state index is 12.5. The molecule has 24 heavy (non-hydrogen) atoms. The Morgan fingerprint density at radius 2 is 1.79 bits per heavy atom. The molecular formula is C20H26N2O2. The summed E-state index contributed by atoms with van der Waals surface area (Å²) in [5.41, 5.74) is 7.24. The van der Waals surface area contributed by atoms with Gasteiger partial charge in [-0.15, -0.1) is 0 Å². The number of nitrogens with two attached hydrogens (primary N) is 1. The number of hydrogen-bond acceptors (Lipinski definition) is 3. The van der Waals surface area contributed by atoms with Crippen molar-refractivity contribution in [2.75, 3.05) is 7.11 Å². The van der Waals surface area contributed by atoms with E-state index >= 15 is 0 Å². The summed E-state index contributed by atoms with van der Waals surface area (Å²) in [5, 5.41) is 3.02. The molecule has 2 aromatic rings. The van der Waals surface area contributed by atoms with Gasteiger partial charge in [-0.25, -0.2) is 0 Å².